The predicted octanol–water partition coefficient (Wildman–Crippen LogP) is 13.8. The minimum absolute atomic E-state index is 0.0741. The van der Waals surface area contributed by atoms with Crippen LogP contribution in [0.15, 0.2) is 238 Å². The summed E-state index contributed by atoms with van der Waals surface area (Å²) in [6.07, 6.45) is 0. The van der Waals surface area contributed by atoms with Gasteiger partial charge in [-0.15, -0.1) is 0 Å². The Bertz CT molecular complexity index is 4960. The number of benzene rings is 10. The van der Waals surface area contributed by atoms with E-state index in [1.165, 1.54) is 36.4 Å². The van der Waals surface area contributed by atoms with E-state index in [1.54, 1.807) is 116 Å². The van der Waals surface area contributed by atoms with Crippen LogP contribution < -0.4 is 18.9 Å². The smallest absolute Gasteiger partial charge is 0.312 e. The van der Waals surface area contributed by atoms with Gasteiger partial charge in [-0.3, -0.25) is 45.3 Å². The van der Waals surface area contributed by atoms with E-state index in [4.69, 9.17) is 37.9 Å². The molecule has 0 aliphatic carbocycles. The van der Waals surface area contributed by atoms with E-state index in [0.717, 1.165) is 48.5 Å². The molecule has 0 aromatic heterocycles. The minimum Gasteiger partial charge on any atom is -0.508 e. The van der Waals surface area contributed by atoms with Gasteiger partial charge in [0, 0.05) is 57.6 Å². The molecule has 10 aromatic carbocycles. The van der Waals surface area contributed by atoms with Gasteiger partial charge in [0.15, 0.2) is 5.78 Å². The molecule has 1 N–H and O–H groups in total. The second kappa shape index (κ2) is 27.8. The molecule has 0 spiro atoms. The Balaban J connectivity index is 0.000000209. The van der Waals surface area contributed by atoms with Gasteiger partial charge in [-0.2, -0.15) is 8.78 Å². The third-order valence-corrected chi connectivity index (χ3v) is 18.7. The number of phenols is 1. The predicted molar refractivity (Wildman–Crippen MR) is 339 cm³/mol. The van der Waals surface area contributed by atoms with E-state index < -0.39 is 105 Å². The fourth-order valence-electron chi connectivity index (χ4n) is 10.4. The molecule has 12 rings (SSSR count). The van der Waals surface area contributed by atoms with Gasteiger partial charge in [-0.1, -0.05) is 0 Å². The highest BCUT2D eigenvalue weighted by Gasteiger charge is 2.42. The summed E-state index contributed by atoms with van der Waals surface area (Å²) in [6, 6.07) is 49.5. The number of carbonyl (C=O) groups is 1. The third-order valence-electron chi connectivity index (χ3n) is 15.2. The van der Waals surface area contributed by atoms with Gasteiger partial charge in [-0.25, -0.2) is 16.8 Å². The normalized spacial score (nSPS) is 13.9. The standard InChI is InChI=1S/C41H29FN2O12S.C27H19FN2O10S/c1-52-30-10-2-26(3-11-30)40(45)27-4-12-31(13-5-27)55-32-14-6-28(7-15-32)41(53-22-23-54-41)29-8-16-33(17-9-29)56-39-21-19-35(25-38(39)44(48)49)57(50,51)34-18-20-36(42)37(24-34)43(46)47;28-23-11-9-21(15-24(23)29(32)33)41(36,37)22-10-12-26(25(16-22)30(34)35)40-20-7-3-18(4-8-20)27(38-13-14-39-27)17-1-5-19(31)6-2-17/h2-21,24-25H,22-23H2,1H3;1-12,15-16,31H,13-14H2. The van der Waals surface area contributed by atoms with Gasteiger partial charge < -0.3 is 43.0 Å². The van der Waals surface area contributed by atoms with Crippen molar-refractivity contribution < 1.29 is 93.1 Å². The summed E-state index contributed by atoms with van der Waals surface area (Å²) in [6.45, 7) is 1.24. The Kier molecular flexibility index (Phi) is 19.1. The number of hydrogen-bond acceptors (Lipinski definition) is 22. The lowest BCUT2D eigenvalue weighted by atomic mass is 9.97. The quantitative estimate of drug-likeness (QED) is 0.0302. The summed E-state index contributed by atoms with van der Waals surface area (Å²) >= 11 is 0. The minimum atomic E-state index is -4.52. The number of nitrogens with zero attached hydrogens (tertiary/aromatic N) is 4. The second-order valence-electron chi connectivity index (χ2n) is 21.2. The van der Waals surface area contributed by atoms with Crippen molar-refractivity contribution in [2.75, 3.05) is 33.5 Å². The number of phenolic OH excluding ortho intramolecular Hbond substituents is 1. The number of aromatic hydroxyl groups is 1. The first-order chi connectivity index (χ1) is 46.9. The Labute approximate surface area is 553 Å². The average molecular weight is 1380 g/mol. The highest BCUT2D eigenvalue weighted by molar-refractivity contribution is 7.91. The Morgan fingerprint density at radius 2 is 0.673 bits per heavy atom. The van der Waals surface area contributed by atoms with Crippen LogP contribution in [0, 0.1) is 52.1 Å². The molecule has 0 saturated carbocycles. The summed E-state index contributed by atoms with van der Waals surface area (Å²) in [5, 5.41) is 55.6. The number of ketones is 1. The lowest BCUT2D eigenvalue weighted by Crippen LogP contribution is -2.28. The molecule has 26 nitrogen and oxygen atoms in total. The zero-order valence-electron chi connectivity index (χ0n) is 50.5. The number of ether oxygens (including phenoxy) is 8. The molecular formula is C68H48F2N4O22S2. The molecule has 2 heterocycles. The van der Waals surface area contributed by atoms with Crippen molar-refractivity contribution in [2.45, 2.75) is 31.2 Å². The first kappa shape index (κ1) is 67.5. The van der Waals surface area contributed by atoms with Crippen LogP contribution in [0.1, 0.15) is 38.2 Å². The SMILES string of the molecule is COc1ccc(C(=O)c2ccc(Oc3ccc(C4(c5ccc(Oc6ccc(S(=O)(=O)c7ccc(F)c([N+](=O)[O-])c7)cc6[N+](=O)[O-])cc5)OCCO4)cc3)cc2)cc1.O=[N+]([O-])c1cc(S(=O)(=O)c2ccc(Oc3ccc(C4(c5ccc(O)cc5)OCCO4)cc3)c([N+](=O)[O-])c2)ccc1F. The number of sulfone groups is 2. The molecule has 2 aliphatic heterocycles. The number of carbonyl (C=O) groups excluding carboxylic acids is 1. The van der Waals surface area contributed by atoms with Crippen LogP contribution in [-0.4, -0.2) is 81.0 Å². The number of nitro benzene ring substituents is 4. The zero-order chi connectivity index (χ0) is 69.7. The average Bonchev–Trinajstić information content (AvgIpc) is 1.01. The largest absolute Gasteiger partial charge is 0.508 e. The summed E-state index contributed by atoms with van der Waals surface area (Å²) in [5.74, 6) is -3.57. The van der Waals surface area contributed by atoms with Crippen molar-refractivity contribution >= 4 is 48.2 Å². The Morgan fingerprint density at radius 1 is 0.398 bits per heavy atom. The number of nitro groups is 4. The molecule has 0 amide bonds. The summed E-state index contributed by atoms with van der Waals surface area (Å²) in [5.41, 5.74) is 0.00480. The lowest BCUT2D eigenvalue weighted by molar-refractivity contribution is -0.387. The first-order valence-corrected chi connectivity index (χ1v) is 31.8. The molecular weight excluding hydrogens is 1330 g/mol. The van der Waals surface area contributed by atoms with Crippen LogP contribution in [-0.2, 0) is 50.2 Å². The van der Waals surface area contributed by atoms with Crippen LogP contribution in [0.5, 0.6) is 46.0 Å². The number of methoxy groups -OCH3 is 1. The van der Waals surface area contributed by atoms with Gasteiger partial charge in [-0.05, 0) is 194 Å². The molecule has 0 radical (unpaired) electrons. The Morgan fingerprint density at radius 3 is 0.990 bits per heavy atom. The van der Waals surface area contributed by atoms with E-state index in [1.807, 2.05) is 0 Å². The van der Waals surface area contributed by atoms with Crippen LogP contribution in [0.3, 0.4) is 0 Å². The van der Waals surface area contributed by atoms with Gasteiger partial charge in [0.25, 0.3) is 0 Å². The number of halogens is 2. The van der Waals surface area contributed by atoms with Gasteiger partial charge in [0.1, 0.15) is 34.5 Å². The molecule has 2 aliphatic rings. The topological polar surface area (TPSA) is 352 Å². The Hall–Kier alpha value is -11.9. The van der Waals surface area contributed by atoms with Crippen molar-refractivity contribution in [3.8, 4) is 46.0 Å². The maximum Gasteiger partial charge on any atom is 0.312 e. The first-order valence-electron chi connectivity index (χ1n) is 28.8. The van der Waals surface area contributed by atoms with E-state index in [9.17, 15) is 76.0 Å². The van der Waals surface area contributed by atoms with Crippen LogP contribution >= 0.6 is 0 Å². The molecule has 498 valence electrons. The molecule has 0 bridgehead atoms. The van der Waals surface area contributed by atoms with Crippen LogP contribution in [0.25, 0.3) is 0 Å². The third kappa shape index (κ3) is 13.9. The second-order valence-corrected chi connectivity index (χ2v) is 25.1. The van der Waals surface area contributed by atoms with Crippen molar-refractivity contribution in [2.24, 2.45) is 0 Å². The highest BCUT2D eigenvalue weighted by Crippen LogP contribution is 2.44. The van der Waals surface area contributed by atoms with E-state index in [2.05, 4.69) is 0 Å². The van der Waals surface area contributed by atoms with Crippen LogP contribution in [0.2, 0.25) is 0 Å². The zero-order valence-corrected chi connectivity index (χ0v) is 52.1. The number of hydrogen-bond donors (Lipinski definition) is 1. The van der Waals surface area contributed by atoms with Gasteiger partial charge >= 0.3 is 22.7 Å². The molecule has 30 heteroatoms. The lowest BCUT2D eigenvalue weighted by Gasteiger charge is -2.28. The molecule has 98 heavy (non-hydrogen) atoms. The monoisotopic (exact) mass is 1370 g/mol. The molecule has 2 saturated heterocycles. The molecule has 0 unspecified atom stereocenters. The van der Waals surface area contributed by atoms with Crippen LogP contribution in [0.4, 0.5) is 31.5 Å². The fourth-order valence-corrected chi connectivity index (χ4v) is 13.0. The van der Waals surface area contributed by atoms with Crippen molar-refractivity contribution in [3.63, 3.8) is 0 Å². The summed E-state index contributed by atoms with van der Waals surface area (Å²) in [4.78, 5) is 52.8. The van der Waals surface area contributed by atoms with Crippen molar-refractivity contribution in [1.82, 2.24) is 0 Å². The molecule has 0 atom stereocenters. The van der Waals surface area contributed by atoms with E-state index in [0.29, 0.717) is 101 Å². The molecule has 2 fully saturated rings. The summed E-state index contributed by atoms with van der Waals surface area (Å²) in [7, 11) is -7.45. The van der Waals surface area contributed by atoms with Crippen molar-refractivity contribution in [3.05, 3.63) is 304 Å². The summed E-state index contributed by atoms with van der Waals surface area (Å²) < 4.78 is 127. The highest BCUT2D eigenvalue weighted by atomic mass is 32.2. The number of rotatable bonds is 21. The fraction of sp³-hybridized carbons (Fsp3) is 0.103. The van der Waals surface area contributed by atoms with Gasteiger partial charge in [0.05, 0.1) is 72.8 Å². The van der Waals surface area contributed by atoms with Gasteiger partial charge in [0.2, 0.25) is 54.4 Å². The van der Waals surface area contributed by atoms with E-state index >= 15 is 0 Å². The maximum atomic E-state index is 13.8. The maximum absolute atomic E-state index is 13.8. The van der Waals surface area contributed by atoms with E-state index in [-0.39, 0.29) is 34.5 Å². The molecule has 10 aromatic rings. The van der Waals surface area contributed by atoms with Crippen molar-refractivity contribution in [1.29, 1.82) is 0 Å².